The number of aromatic nitrogens is 1. The fraction of sp³-hybridized carbons (Fsp3) is 0. The number of benzene rings is 1. The number of anilines is 1. The van der Waals surface area contributed by atoms with E-state index in [4.69, 9.17) is 11.0 Å². The monoisotopic (exact) mass is 218 g/mol. The Morgan fingerprint density at radius 2 is 1.65 bits per heavy atom. The molecule has 0 fully saturated rings. The van der Waals surface area contributed by atoms with E-state index < -0.39 is 0 Å². The number of hydrogen-bond acceptors (Lipinski definition) is 4. The van der Waals surface area contributed by atoms with Gasteiger partial charge in [-0.25, -0.2) is 4.98 Å². The van der Waals surface area contributed by atoms with Gasteiger partial charge in [0.2, 0.25) is 0 Å². The van der Waals surface area contributed by atoms with E-state index in [1.165, 1.54) is 0 Å². The minimum Gasteiger partial charge on any atom is -0.383 e. The minimum absolute atomic E-state index is 0.188. The summed E-state index contributed by atoms with van der Waals surface area (Å²) in [5, 5.41) is 18.3. The molecule has 1 aromatic carbocycles. The highest BCUT2D eigenvalue weighted by molar-refractivity contribution is 6.00. The number of nitrogen functional groups attached to an aromatic ring is 1. The zero-order valence-corrected chi connectivity index (χ0v) is 8.73. The van der Waals surface area contributed by atoms with Crippen LogP contribution >= 0.6 is 0 Å². The number of nitrogens with two attached hydrogens (primary N) is 1. The molecule has 0 saturated heterocycles. The third-order valence-corrected chi connectivity index (χ3v) is 2.90. The van der Waals surface area contributed by atoms with E-state index in [2.05, 4.69) is 11.1 Å². The number of nitrogens with zero attached hydrogens (tertiary/aromatic N) is 3. The van der Waals surface area contributed by atoms with Gasteiger partial charge in [-0.1, -0.05) is 24.3 Å². The van der Waals surface area contributed by atoms with Gasteiger partial charge in [0.15, 0.2) is 0 Å². The maximum absolute atomic E-state index is 9.18. The number of hydrogen-bond donors (Lipinski definition) is 1. The van der Waals surface area contributed by atoms with Crippen LogP contribution in [-0.4, -0.2) is 4.98 Å². The maximum Gasteiger partial charge on any atom is 0.142 e. The van der Waals surface area contributed by atoms with Crippen LogP contribution in [0.25, 0.3) is 22.4 Å². The molecule has 17 heavy (non-hydrogen) atoms. The molecule has 1 aliphatic rings. The van der Waals surface area contributed by atoms with E-state index in [0.29, 0.717) is 16.8 Å². The lowest BCUT2D eigenvalue weighted by Crippen LogP contribution is -1.98. The number of rotatable bonds is 0. The third kappa shape index (κ3) is 1.01. The lowest BCUT2D eigenvalue weighted by molar-refractivity contribution is 1.32. The Balaban J connectivity index is 2.55. The van der Waals surface area contributed by atoms with Gasteiger partial charge in [-0.05, 0) is 5.56 Å². The lowest BCUT2D eigenvalue weighted by Gasteiger charge is -2.02. The van der Waals surface area contributed by atoms with Gasteiger partial charge in [0.1, 0.15) is 23.5 Å². The van der Waals surface area contributed by atoms with Crippen LogP contribution in [0.5, 0.6) is 0 Å². The Morgan fingerprint density at radius 3 is 2.29 bits per heavy atom. The normalized spacial score (nSPS) is 10.5. The molecule has 0 amide bonds. The summed E-state index contributed by atoms with van der Waals surface area (Å²) in [6, 6.07) is 11.6. The highest BCUT2D eigenvalue weighted by Crippen LogP contribution is 2.46. The summed E-state index contributed by atoms with van der Waals surface area (Å²) in [5.74, 6) is 0.188. The summed E-state index contributed by atoms with van der Waals surface area (Å²) >= 11 is 0. The van der Waals surface area contributed by atoms with Crippen LogP contribution in [0.3, 0.4) is 0 Å². The Hall–Kier alpha value is -2.85. The van der Waals surface area contributed by atoms with Crippen LogP contribution in [-0.2, 0) is 0 Å². The fourth-order valence-corrected chi connectivity index (χ4v) is 2.20. The van der Waals surface area contributed by atoms with Gasteiger partial charge in [-0.3, -0.25) is 0 Å². The van der Waals surface area contributed by atoms with E-state index in [-0.39, 0.29) is 11.4 Å². The molecule has 4 nitrogen and oxygen atoms in total. The Morgan fingerprint density at radius 1 is 1.00 bits per heavy atom. The molecule has 0 atom stereocenters. The summed E-state index contributed by atoms with van der Waals surface area (Å²) in [5.41, 5.74) is 9.39. The van der Waals surface area contributed by atoms with Crippen LogP contribution in [0.15, 0.2) is 24.3 Å². The van der Waals surface area contributed by atoms with Crippen molar-refractivity contribution in [3.63, 3.8) is 0 Å². The molecule has 3 rings (SSSR count). The van der Waals surface area contributed by atoms with Crippen LogP contribution in [0.4, 0.5) is 5.82 Å². The second kappa shape index (κ2) is 3.07. The van der Waals surface area contributed by atoms with E-state index >= 15 is 0 Å². The van der Waals surface area contributed by atoms with Crippen molar-refractivity contribution in [1.82, 2.24) is 4.98 Å². The van der Waals surface area contributed by atoms with Crippen LogP contribution in [0, 0.1) is 22.7 Å². The van der Waals surface area contributed by atoms with Crippen LogP contribution in [0.1, 0.15) is 11.1 Å². The average Bonchev–Trinajstić information content (AvgIpc) is 2.59. The zero-order chi connectivity index (χ0) is 12.0. The standard InChI is InChI=1S/C13H6N4/c14-5-9-11-7-3-1-2-4-8(7)12(9)17-13(16)10(11)6-15/h1-4H,(H2,16,17). The molecule has 0 saturated carbocycles. The third-order valence-electron chi connectivity index (χ3n) is 2.90. The Bertz CT molecular complexity index is 732. The topological polar surface area (TPSA) is 86.5 Å². The van der Waals surface area contributed by atoms with Crippen molar-refractivity contribution in [1.29, 1.82) is 10.5 Å². The van der Waals surface area contributed by atoms with Gasteiger partial charge in [-0.15, -0.1) is 0 Å². The van der Waals surface area contributed by atoms with E-state index in [1.54, 1.807) is 0 Å². The van der Waals surface area contributed by atoms with Crippen molar-refractivity contribution in [2.45, 2.75) is 0 Å². The zero-order valence-electron chi connectivity index (χ0n) is 8.73. The van der Waals surface area contributed by atoms with Gasteiger partial charge >= 0.3 is 0 Å². The van der Waals surface area contributed by atoms with E-state index in [1.807, 2.05) is 30.3 Å². The highest BCUT2D eigenvalue weighted by Gasteiger charge is 2.29. The lowest BCUT2D eigenvalue weighted by atomic mass is 10.0. The molecule has 0 aliphatic heterocycles. The molecule has 0 radical (unpaired) electrons. The summed E-state index contributed by atoms with van der Waals surface area (Å²) in [7, 11) is 0. The Labute approximate surface area is 97.6 Å². The molecule has 1 heterocycles. The maximum atomic E-state index is 9.18. The van der Waals surface area contributed by atoms with Crippen LogP contribution in [0.2, 0.25) is 0 Å². The van der Waals surface area contributed by atoms with Gasteiger partial charge in [0.25, 0.3) is 0 Å². The summed E-state index contributed by atoms with van der Waals surface area (Å²) in [4.78, 5) is 4.16. The molecule has 0 spiro atoms. The average molecular weight is 218 g/mol. The minimum atomic E-state index is 0.188. The van der Waals surface area contributed by atoms with Gasteiger partial charge in [0.05, 0.1) is 11.3 Å². The van der Waals surface area contributed by atoms with Crippen molar-refractivity contribution in [2.24, 2.45) is 0 Å². The highest BCUT2D eigenvalue weighted by atomic mass is 14.9. The molecule has 2 aromatic rings. The molecule has 4 heteroatoms. The van der Waals surface area contributed by atoms with Crippen molar-refractivity contribution in [2.75, 3.05) is 5.73 Å². The second-order valence-corrected chi connectivity index (χ2v) is 3.74. The van der Waals surface area contributed by atoms with Crippen molar-refractivity contribution >= 4 is 5.82 Å². The molecule has 78 valence electrons. The molecule has 1 aliphatic carbocycles. The number of nitriles is 2. The van der Waals surface area contributed by atoms with Gasteiger partial charge < -0.3 is 5.73 Å². The van der Waals surface area contributed by atoms with Gasteiger partial charge in [0, 0.05) is 11.1 Å². The SMILES string of the molecule is N#Cc1c(N)nc2c(C#N)c1-c1ccccc1-2. The van der Waals surface area contributed by atoms with Crippen molar-refractivity contribution < 1.29 is 0 Å². The first-order chi connectivity index (χ1) is 8.27. The molecular formula is C13H6N4. The summed E-state index contributed by atoms with van der Waals surface area (Å²) < 4.78 is 0. The predicted octanol–water partition coefficient (Wildman–Crippen LogP) is 2.05. The fourth-order valence-electron chi connectivity index (χ4n) is 2.20. The van der Waals surface area contributed by atoms with Crippen molar-refractivity contribution in [3.8, 4) is 34.5 Å². The summed E-state index contributed by atoms with van der Waals surface area (Å²) in [6.45, 7) is 0. The number of pyridine rings is 1. The summed E-state index contributed by atoms with van der Waals surface area (Å²) in [6.07, 6.45) is 0. The first-order valence-corrected chi connectivity index (χ1v) is 5.01. The Kier molecular flexibility index (Phi) is 1.69. The molecule has 2 N–H and O–H groups in total. The molecule has 0 unspecified atom stereocenters. The van der Waals surface area contributed by atoms with Crippen molar-refractivity contribution in [3.05, 3.63) is 35.4 Å². The molecular weight excluding hydrogens is 212 g/mol. The van der Waals surface area contributed by atoms with E-state index in [9.17, 15) is 5.26 Å². The largest absolute Gasteiger partial charge is 0.383 e. The first-order valence-electron chi connectivity index (χ1n) is 5.01. The molecule has 1 aromatic heterocycles. The first kappa shape index (κ1) is 9.38. The van der Waals surface area contributed by atoms with E-state index in [0.717, 1.165) is 11.1 Å². The quantitative estimate of drug-likeness (QED) is 0.625. The second-order valence-electron chi connectivity index (χ2n) is 3.74. The number of fused-ring (bicyclic) bond motifs is 5. The van der Waals surface area contributed by atoms with Crippen LogP contribution < -0.4 is 5.73 Å². The predicted molar refractivity (Wildman–Crippen MR) is 62.5 cm³/mol. The smallest absolute Gasteiger partial charge is 0.142 e. The van der Waals surface area contributed by atoms with Gasteiger partial charge in [-0.2, -0.15) is 10.5 Å². The molecule has 2 bridgehead atoms.